The molecule has 126 valence electrons. The predicted octanol–water partition coefficient (Wildman–Crippen LogP) is 2.16. The summed E-state index contributed by atoms with van der Waals surface area (Å²) in [5, 5.41) is 9.57. The van der Waals surface area contributed by atoms with Gasteiger partial charge in [-0.3, -0.25) is 19.6 Å². The zero-order chi connectivity index (χ0) is 16.9. The number of hydrogen-bond donors (Lipinski definition) is 1. The van der Waals surface area contributed by atoms with E-state index in [-0.39, 0.29) is 5.56 Å². The maximum atomic E-state index is 14.0. The highest BCUT2D eigenvalue weighted by molar-refractivity contribution is 5.75. The molecular formula is C18H20FN3O2. The van der Waals surface area contributed by atoms with Crippen molar-refractivity contribution in [2.24, 2.45) is 0 Å². The maximum absolute atomic E-state index is 14.0. The Labute approximate surface area is 140 Å². The molecule has 1 aliphatic rings. The Kier molecular flexibility index (Phi) is 5.17. The summed E-state index contributed by atoms with van der Waals surface area (Å²) in [5.74, 6) is -1.48. The maximum Gasteiger partial charge on any atom is 0.325 e. The first-order valence-corrected chi connectivity index (χ1v) is 7.97. The number of hydrogen-bond acceptors (Lipinski definition) is 4. The van der Waals surface area contributed by atoms with Crippen LogP contribution >= 0.6 is 0 Å². The van der Waals surface area contributed by atoms with Crippen LogP contribution in [0.4, 0.5) is 4.39 Å². The number of aliphatic carboxylic acids is 1. The molecule has 1 aliphatic heterocycles. The van der Waals surface area contributed by atoms with Gasteiger partial charge in [-0.05, 0) is 17.7 Å². The molecule has 2 aromatic rings. The van der Waals surface area contributed by atoms with E-state index in [0.29, 0.717) is 13.1 Å². The van der Waals surface area contributed by atoms with Crippen LogP contribution in [0.15, 0.2) is 48.8 Å². The van der Waals surface area contributed by atoms with E-state index in [1.54, 1.807) is 24.4 Å². The van der Waals surface area contributed by atoms with Gasteiger partial charge in [0, 0.05) is 50.7 Å². The van der Waals surface area contributed by atoms with E-state index in [4.69, 9.17) is 0 Å². The van der Waals surface area contributed by atoms with Gasteiger partial charge in [0.25, 0.3) is 0 Å². The van der Waals surface area contributed by atoms with Crippen LogP contribution in [0.5, 0.6) is 0 Å². The van der Waals surface area contributed by atoms with Crippen molar-refractivity contribution < 1.29 is 14.3 Å². The number of carboxylic acids is 1. The number of halogens is 1. The highest BCUT2D eigenvalue weighted by Crippen LogP contribution is 2.25. The van der Waals surface area contributed by atoms with Crippen molar-refractivity contribution in [2.75, 3.05) is 26.2 Å². The van der Waals surface area contributed by atoms with Crippen LogP contribution in [0.2, 0.25) is 0 Å². The molecule has 1 fully saturated rings. The Morgan fingerprint density at radius 1 is 1.17 bits per heavy atom. The van der Waals surface area contributed by atoms with Gasteiger partial charge in [0.1, 0.15) is 11.9 Å². The Morgan fingerprint density at radius 2 is 1.92 bits per heavy atom. The molecule has 24 heavy (non-hydrogen) atoms. The predicted molar refractivity (Wildman–Crippen MR) is 87.9 cm³/mol. The first kappa shape index (κ1) is 16.5. The first-order valence-electron chi connectivity index (χ1n) is 7.97. The van der Waals surface area contributed by atoms with Gasteiger partial charge in [-0.2, -0.15) is 0 Å². The number of carboxylic acid groups (broad SMARTS) is 1. The Hall–Kier alpha value is -2.31. The summed E-state index contributed by atoms with van der Waals surface area (Å²) in [5.41, 5.74) is 1.36. The van der Waals surface area contributed by atoms with Crippen molar-refractivity contribution in [3.05, 3.63) is 65.7 Å². The average molecular weight is 329 g/mol. The minimum atomic E-state index is -1.01. The van der Waals surface area contributed by atoms with E-state index in [1.807, 2.05) is 23.2 Å². The van der Waals surface area contributed by atoms with Gasteiger partial charge in [0.05, 0.1) is 0 Å². The molecule has 0 spiro atoms. The summed E-state index contributed by atoms with van der Waals surface area (Å²) >= 11 is 0. The molecule has 1 saturated heterocycles. The lowest BCUT2D eigenvalue weighted by Crippen LogP contribution is -2.49. The van der Waals surface area contributed by atoms with Crippen LogP contribution < -0.4 is 0 Å². The van der Waals surface area contributed by atoms with Crippen LogP contribution in [-0.2, 0) is 11.3 Å². The molecule has 0 radical (unpaired) electrons. The molecule has 1 unspecified atom stereocenters. The van der Waals surface area contributed by atoms with E-state index in [1.165, 1.54) is 6.07 Å². The minimum absolute atomic E-state index is 0.228. The van der Waals surface area contributed by atoms with Gasteiger partial charge in [0.15, 0.2) is 0 Å². The van der Waals surface area contributed by atoms with Crippen molar-refractivity contribution in [3.8, 4) is 0 Å². The summed E-state index contributed by atoms with van der Waals surface area (Å²) in [4.78, 5) is 19.9. The number of pyridine rings is 1. The standard InChI is InChI=1S/C18H20FN3O2/c19-16-6-2-1-5-15(16)17(18(23)24)22-10-8-21(9-11-22)13-14-4-3-7-20-12-14/h1-7,12,17H,8-11,13H2,(H,23,24). The fraction of sp³-hybridized carbons (Fsp3) is 0.333. The monoisotopic (exact) mass is 329 g/mol. The molecule has 0 bridgehead atoms. The first-order chi connectivity index (χ1) is 11.6. The molecule has 1 aromatic heterocycles. The number of rotatable bonds is 5. The molecule has 2 heterocycles. The van der Waals surface area contributed by atoms with Crippen molar-refractivity contribution in [1.82, 2.24) is 14.8 Å². The quantitative estimate of drug-likeness (QED) is 0.911. The molecule has 0 aliphatic carbocycles. The largest absolute Gasteiger partial charge is 0.480 e. The third-order valence-corrected chi connectivity index (χ3v) is 4.33. The Balaban J connectivity index is 1.66. The van der Waals surface area contributed by atoms with Crippen molar-refractivity contribution in [2.45, 2.75) is 12.6 Å². The Morgan fingerprint density at radius 3 is 2.54 bits per heavy atom. The lowest BCUT2D eigenvalue weighted by Gasteiger charge is -2.37. The minimum Gasteiger partial charge on any atom is -0.480 e. The third kappa shape index (κ3) is 3.77. The summed E-state index contributed by atoms with van der Waals surface area (Å²) < 4.78 is 14.0. The summed E-state index contributed by atoms with van der Waals surface area (Å²) in [6, 6.07) is 9.10. The zero-order valence-corrected chi connectivity index (χ0v) is 13.3. The van der Waals surface area contributed by atoms with Crippen LogP contribution in [0.1, 0.15) is 17.2 Å². The van der Waals surface area contributed by atoms with Gasteiger partial charge in [-0.1, -0.05) is 24.3 Å². The Bertz CT molecular complexity index is 688. The molecule has 6 heteroatoms. The van der Waals surface area contributed by atoms with Crippen LogP contribution in [0, 0.1) is 5.82 Å². The van der Waals surface area contributed by atoms with Gasteiger partial charge in [0.2, 0.25) is 0 Å². The van der Waals surface area contributed by atoms with Gasteiger partial charge >= 0.3 is 5.97 Å². The van der Waals surface area contributed by atoms with E-state index < -0.39 is 17.8 Å². The van der Waals surface area contributed by atoms with Gasteiger partial charge in [-0.15, -0.1) is 0 Å². The molecule has 3 rings (SSSR count). The number of nitrogens with zero attached hydrogens (tertiary/aromatic N) is 3. The van der Waals surface area contributed by atoms with Crippen LogP contribution in [-0.4, -0.2) is 52.0 Å². The van der Waals surface area contributed by atoms with Gasteiger partial charge in [-0.25, -0.2) is 4.39 Å². The van der Waals surface area contributed by atoms with E-state index >= 15 is 0 Å². The van der Waals surface area contributed by atoms with Crippen molar-refractivity contribution in [1.29, 1.82) is 0 Å². The molecule has 1 atom stereocenters. The second kappa shape index (κ2) is 7.51. The molecule has 0 saturated carbocycles. The highest BCUT2D eigenvalue weighted by Gasteiger charge is 2.31. The number of carbonyl (C=O) groups is 1. The lowest BCUT2D eigenvalue weighted by atomic mass is 10.0. The lowest BCUT2D eigenvalue weighted by molar-refractivity contribution is -0.144. The molecule has 1 N–H and O–H groups in total. The van der Waals surface area contributed by atoms with E-state index in [9.17, 15) is 14.3 Å². The molecule has 1 aromatic carbocycles. The highest BCUT2D eigenvalue weighted by atomic mass is 19.1. The molecule has 0 amide bonds. The third-order valence-electron chi connectivity index (χ3n) is 4.33. The number of aromatic nitrogens is 1. The average Bonchev–Trinajstić information content (AvgIpc) is 2.59. The van der Waals surface area contributed by atoms with Crippen LogP contribution in [0.3, 0.4) is 0 Å². The second-order valence-electron chi connectivity index (χ2n) is 5.94. The van der Waals surface area contributed by atoms with Crippen LogP contribution in [0.25, 0.3) is 0 Å². The fourth-order valence-electron chi connectivity index (χ4n) is 3.11. The zero-order valence-electron chi connectivity index (χ0n) is 13.3. The SMILES string of the molecule is O=C(O)C(c1ccccc1F)N1CCN(Cc2cccnc2)CC1. The smallest absolute Gasteiger partial charge is 0.325 e. The summed E-state index contributed by atoms with van der Waals surface area (Å²) in [6.07, 6.45) is 3.58. The number of benzene rings is 1. The summed E-state index contributed by atoms with van der Waals surface area (Å²) in [7, 11) is 0. The number of piperazine rings is 1. The summed E-state index contributed by atoms with van der Waals surface area (Å²) in [6.45, 7) is 3.45. The normalized spacial score (nSPS) is 17.5. The van der Waals surface area contributed by atoms with Crippen molar-refractivity contribution in [3.63, 3.8) is 0 Å². The molecule has 5 nitrogen and oxygen atoms in total. The topological polar surface area (TPSA) is 56.7 Å². The second-order valence-corrected chi connectivity index (χ2v) is 5.94. The van der Waals surface area contributed by atoms with Crippen molar-refractivity contribution >= 4 is 5.97 Å². The fourth-order valence-corrected chi connectivity index (χ4v) is 3.11. The molecular weight excluding hydrogens is 309 g/mol. The van der Waals surface area contributed by atoms with Gasteiger partial charge < -0.3 is 5.11 Å². The van der Waals surface area contributed by atoms with E-state index in [0.717, 1.165) is 25.2 Å². The van der Waals surface area contributed by atoms with E-state index in [2.05, 4.69) is 9.88 Å².